The Balaban J connectivity index is 2.03. The van der Waals surface area contributed by atoms with E-state index in [4.69, 9.17) is 4.74 Å². The summed E-state index contributed by atoms with van der Waals surface area (Å²) in [7, 11) is 1.75. The van der Waals surface area contributed by atoms with Gasteiger partial charge in [-0.25, -0.2) is 0 Å². The van der Waals surface area contributed by atoms with Crippen LogP contribution in [-0.4, -0.2) is 13.7 Å². The van der Waals surface area contributed by atoms with Gasteiger partial charge in [0.1, 0.15) is 5.75 Å². The Kier molecular flexibility index (Phi) is 3.64. The van der Waals surface area contributed by atoms with Crippen LogP contribution in [0, 0.1) is 0 Å². The Labute approximate surface area is 121 Å². The van der Waals surface area contributed by atoms with Crippen molar-refractivity contribution in [3.05, 3.63) is 59.7 Å². The van der Waals surface area contributed by atoms with Crippen LogP contribution in [0.5, 0.6) is 5.75 Å². The van der Waals surface area contributed by atoms with E-state index in [2.05, 4.69) is 48.2 Å². The van der Waals surface area contributed by atoms with Gasteiger partial charge in [0, 0.05) is 6.54 Å². The molecule has 0 unspecified atom stereocenters. The van der Waals surface area contributed by atoms with Crippen molar-refractivity contribution < 1.29 is 4.74 Å². The standard InChI is InChI=1S/C18H21NO/c1-3-16-15-9-5-4-8-14(15)12-13-19(16)17-10-6-7-11-18(17)20-2/h4-11,16H,3,12-13H2,1-2H3/t16-/m0/s1. The van der Waals surface area contributed by atoms with E-state index in [1.807, 2.05) is 12.1 Å². The lowest BCUT2D eigenvalue weighted by atomic mass is 9.90. The third kappa shape index (κ3) is 2.15. The van der Waals surface area contributed by atoms with Crippen LogP contribution in [0.15, 0.2) is 48.5 Å². The van der Waals surface area contributed by atoms with Gasteiger partial charge in [-0.05, 0) is 36.1 Å². The molecule has 0 fully saturated rings. The Morgan fingerprint density at radius 1 is 1.10 bits per heavy atom. The van der Waals surface area contributed by atoms with E-state index in [0.29, 0.717) is 6.04 Å². The first-order valence-corrected chi connectivity index (χ1v) is 7.32. The van der Waals surface area contributed by atoms with Crippen molar-refractivity contribution in [3.63, 3.8) is 0 Å². The Morgan fingerprint density at radius 2 is 1.85 bits per heavy atom. The van der Waals surface area contributed by atoms with Crippen LogP contribution >= 0.6 is 0 Å². The molecule has 1 aliphatic rings. The molecule has 3 rings (SSSR count). The van der Waals surface area contributed by atoms with Crippen LogP contribution in [0.1, 0.15) is 30.5 Å². The summed E-state index contributed by atoms with van der Waals surface area (Å²) in [4.78, 5) is 2.49. The van der Waals surface area contributed by atoms with Gasteiger partial charge < -0.3 is 9.64 Å². The molecule has 0 aliphatic carbocycles. The van der Waals surface area contributed by atoms with E-state index < -0.39 is 0 Å². The second kappa shape index (κ2) is 5.58. The zero-order valence-corrected chi connectivity index (χ0v) is 12.2. The molecule has 2 aromatic carbocycles. The van der Waals surface area contributed by atoms with E-state index in [-0.39, 0.29) is 0 Å². The topological polar surface area (TPSA) is 12.5 Å². The molecule has 0 saturated heterocycles. The minimum atomic E-state index is 0.441. The zero-order valence-electron chi connectivity index (χ0n) is 12.2. The van der Waals surface area contributed by atoms with Crippen molar-refractivity contribution in [2.75, 3.05) is 18.6 Å². The maximum Gasteiger partial charge on any atom is 0.142 e. The number of benzene rings is 2. The van der Waals surface area contributed by atoms with Crippen LogP contribution in [0.4, 0.5) is 5.69 Å². The highest BCUT2D eigenvalue weighted by Crippen LogP contribution is 2.39. The Morgan fingerprint density at radius 3 is 2.65 bits per heavy atom. The SMILES string of the molecule is CC[C@H]1c2ccccc2CCN1c1ccccc1OC. The number of methoxy groups -OCH3 is 1. The van der Waals surface area contributed by atoms with Crippen LogP contribution in [-0.2, 0) is 6.42 Å². The van der Waals surface area contributed by atoms with Gasteiger partial charge in [-0.15, -0.1) is 0 Å². The molecular formula is C18H21NO. The summed E-state index contributed by atoms with van der Waals surface area (Å²) in [5.41, 5.74) is 4.16. The summed E-state index contributed by atoms with van der Waals surface area (Å²) < 4.78 is 5.54. The monoisotopic (exact) mass is 267 g/mol. The first-order valence-electron chi connectivity index (χ1n) is 7.32. The average molecular weight is 267 g/mol. The summed E-state index contributed by atoms with van der Waals surface area (Å²) in [5, 5.41) is 0. The van der Waals surface area contributed by atoms with Gasteiger partial charge in [-0.3, -0.25) is 0 Å². The van der Waals surface area contributed by atoms with Crippen molar-refractivity contribution in [1.29, 1.82) is 0 Å². The van der Waals surface area contributed by atoms with Crippen molar-refractivity contribution in [2.45, 2.75) is 25.8 Å². The van der Waals surface area contributed by atoms with Crippen LogP contribution < -0.4 is 9.64 Å². The van der Waals surface area contributed by atoms with E-state index in [9.17, 15) is 0 Å². The van der Waals surface area contributed by atoms with Crippen LogP contribution in [0.3, 0.4) is 0 Å². The van der Waals surface area contributed by atoms with Gasteiger partial charge in [-0.2, -0.15) is 0 Å². The van der Waals surface area contributed by atoms with E-state index in [0.717, 1.165) is 25.1 Å². The maximum absolute atomic E-state index is 5.54. The highest BCUT2D eigenvalue weighted by Gasteiger charge is 2.27. The molecule has 0 saturated carbocycles. The third-order valence-electron chi connectivity index (χ3n) is 4.19. The predicted molar refractivity (Wildman–Crippen MR) is 83.5 cm³/mol. The molecule has 0 aromatic heterocycles. The lowest BCUT2D eigenvalue weighted by molar-refractivity contribution is 0.411. The van der Waals surface area contributed by atoms with Crippen molar-refractivity contribution in [1.82, 2.24) is 0 Å². The summed E-state index contributed by atoms with van der Waals surface area (Å²) in [6.45, 7) is 3.31. The third-order valence-corrected chi connectivity index (χ3v) is 4.19. The molecule has 1 heterocycles. The fraction of sp³-hybridized carbons (Fsp3) is 0.333. The highest BCUT2D eigenvalue weighted by molar-refractivity contribution is 5.61. The predicted octanol–water partition coefficient (Wildman–Crippen LogP) is 4.21. The fourth-order valence-electron chi connectivity index (χ4n) is 3.25. The first-order chi connectivity index (χ1) is 9.85. The van der Waals surface area contributed by atoms with Gasteiger partial charge in [-0.1, -0.05) is 43.3 Å². The molecule has 0 amide bonds. The largest absolute Gasteiger partial charge is 0.495 e. The number of hydrogen-bond acceptors (Lipinski definition) is 2. The van der Waals surface area contributed by atoms with Crippen molar-refractivity contribution >= 4 is 5.69 Å². The van der Waals surface area contributed by atoms with Gasteiger partial charge in [0.2, 0.25) is 0 Å². The molecule has 2 nitrogen and oxygen atoms in total. The summed E-state index contributed by atoms with van der Waals surface area (Å²) in [5.74, 6) is 0.963. The Hall–Kier alpha value is -1.96. The number of hydrogen-bond donors (Lipinski definition) is 0. The summed E-state index contributed by atoms with van der Waals surface area (Å²) >= 11 is 0. The van der Waals surface area contributed by atoms with E-state index in [1.54, 1.807) is 7.11 Å². The Bertz CT molecular complexity index is 593. The van der Waals surface area contributed by atoms with Crippen molar-refractivity contribution in [2.24, 2.45) is 0 Å². The number of rotatable bonds is 3. The molecule has 104 valence electrons. The van der Waals surface area contributed by atoms with Crippen molar-refractivity contribution in [3.8, 4) is 5.75 Å². The molecule has 20 heavy (non-hydrogen) atoms. The maximum atomic E-state index is 5.54. The second-order valence-corrected chi connectivity index (χ2v) is 5.24. The minimum Gasteiger partial charge on any atom is -0.495 e. The molecule has 0 bridgehead atoms. The summed E-state index contributed by atoms with van der Waals surface area (Å²) in [6, 6.07) is 17.6. The minimum absolute atomic E-state index is 0.441. The van der Waals surface area contributed by atoms with Gasteiger partial charge in [0.25, 0.3) is 0 Å². The molecule has 0 radical (unpaired) electrons. The van der Waals surface area contributed by atoms with Crippen LogP contribution in [0.25, 0.3) is 0 Å². The van der Waals surface area contributed by atoms with E-state index >= 15 is 0 Å². The molecule has 0 N–H and O–H groups in total. The summed E-state index contributed by atoms with van der Waals surface area (Å²) in [6.07, 6.45) is 2.21. The lowest BCUT2D eigenvalue weighted by Crippen LogP contribution is -2.35. The number of nitrogens with zero attached hydrogens (tertiary/aromatic N) is 1. The number of anilines is 1. The molecular weight excluding hydrogens is 246 g/mol. The van der Waals surface area contributed by atoms with Gasteiger partial charge in [0.05, 0.1) is 18.8 Å². The molecule has 2 aromatic rings. The second-order valence-electron chi connectivity index (χ2n) is 5.24. The highest BCUT2D eigenvalue weighted by atomic mass is 16.5. The normalized spacial score (nSPS) is 17.7. The molecule has 1 aliphatic heterocycles. The molecule has 2 heteroatoms. The molecule has 1 atom stereocenters. The molecule has 0 spiro atoms. The van der Waals surface area contributed by atoms with Gasteiger partial charge in [0.15, 0.2) is 0 Å². The average Bonchev–Trinajstić information content (AvgIpc) is 2.53. The number of ether oxygens (including phenoxy) is 1. The zero-order chi connectivity index (χ0) is 13.9. The fourth-order valence-corrected chi connectivity index (χ4v) is 3.25. The lowest BCUT2D eigenvalue weighted by Gasteiger charge is -2.39. The first kappa shape index (κ1) is 13.0. The van der Waals surface area contributed by atoms with Crippen LogP contribution in [0.2, 0.25) is 0 Å². The van der Waals surface area contributed by atoms with Gasteiger partial charge >= 0.3 is 0 Å². The number of para-hydroxylation sites is 2. The smallest absolute Gasteiger partial charge is 0.142 e. The quantitative estimate of drug-likeness (QED) is 0.826. The number of fused-ring (bicyclic) bond motifs is 1. The van der Waals surface area contributed by atoms with E-state index in [1.165, 1.54) is 16.8 Å².